The maximum absolute atomic E-state index is 12.5. The fourth-order valence-electron chi connectivity index (χ4n) is 2.78. The van der Waals surface area contributed by atoms with E-state index >= 15 is 0 Å². The standard InChI is InChI=1S/C18H21N3O2/c19-11-13-4-1-5-14(10-13)16-7-2-8-20-17(16)18(22)21-12-15-6-3-9-23-15/h1-2,4-5,7-8,10,15H,3,6,9,11-12,19H2,(H,21,22)/t15-/m0/s1. The third-order valence-corrected chi connectivity index (χ3v) is 4.01. The zero-order valence-electron chi connectivity index (χ0n) is 13.0. The minimum absolute atomic E-state index is 0.117. The number of hydrogen-bond acceptors (Lipinski definition) is 4. The SMILES string of the molecule is NCc1cccc(-c2cccnc2C(=O)NC[C@@H]2CCCO2)c1. The first kappa shape index (κ1) is 15.6. The molecular formula is C18H21N3O2. The van der Waals surface area contributed by atoms with Gasteiger partial charge < -0.3 is 15.8 Å². The van der Waals surface area contributed by atoms with E-state index in [4.69, 9.17) is 10.5 Å². The molecule has 2 heterocycles. The molecule has 1 atom stereocenters. The van der Waals surface area contributed by atoms with Crippen molar-refractivity contribution in [3.05, 3.63) is 53.9 Å². The van der Waals surface area contributed by atoms with Gasteiger partial charge in [0, 0.05) is 31.5 Å². The van der Waals surface area contributed by atoms with Crippen LogP contribution in [0.3, 0.4) is 0 Å². The summed E-state index contributed by atoms with van der Waals surface area (Å²) in [5.41, 5.74) is 8.92. The van der Waals surface area contributed by atoms with Crippen molar-refractivity contribution in [1.82, 2.24) is 10.3 Å². The molecule has 1 aromatic heterocycles. The Kier molecular flexibility index (Phi) is 5.00. The first-order chi connectivity index (χ1) is 11.3. The molecule has 5 nitrogen and oxygen atoms in total. The lowest BCUT2D eigenvalue weighted by molar-refractivity contribution is 0.0854. The molecule has 0 radical (unpaired) electrons. The molecule has 1 aliphatic heterocycles. The van der Waals surface area contributed by atoms with Crippen molar-refractivity contribution in [2.24, 2.45) is 5.73 Å². The molecule has 0 unspecified atom stereocenters. The van der Waals surface area contributed by atoms with Crippen LogP contribution in [0.15, 0.2) is 42.6 Å². The van der Waals surface area contributed by atoms with E-state index in [0.29, 0.717) is 18.8 Å². The quantitative estimate of drug-likeness (QED) is 0.886. The van der Waals surface area contributed by atoms with Gasteiger partial charge in [-0.3, -0.25) is 9.78 Å². The van der Waals surface area contributed by atoms with Gasteiger partial charge in [0.15, 0.2) is 0 Å². The highest BCUT2D eigenvalue weighted by Gasteiger charge is 2.19. The number of carbonyl (C=O) groups is 1. The number of nitrogens with two attached hydrogens (primary N) is 1. The Balaban J connectivity index is 1.80. The number of ether oxygens (including phenoxy) is 1. The molecule has 0 spiro atoms. The van der Waals surface area contributed by atoms with E-state index < -0.39 is 0 Å². The highest BCUT2D eigenvalue weighted by molar-refractivity contribution is 5.98. The van der Waals surface area contributed by atoms with E-state index in [-0.39, 0.29) is 12.0 Å². The van der Waals surface area contributed by atoms with E-state index in [1.54, 1.807) is 6.20 Å². The van der Waals surface area contributed by atoms with E-state index in [2.05, 4.69) is 10.3 Å². The Hall–Kier alpha value is -2.24. The summed E-state index contributed by atoms with van der Waals surface area (Å²) in [6.07, 6.45) is 3.80. The molecule has 1 aromatic carbocycles. The predicted octanol–water partition coefficient (Wildman–Crippen LogP) is 2.12. The van der Waals surface area contributed by atoms with Crippen molar-refractivity contribution < 1.29 is 9.53 Å². The second-order valence-corrected chi connectivity index (χ2v) is 5.65. The average molecular weight is 311 g/mol. The summed E-state index contributed by atoms with van der Waals surface area (Å²) in [6, 6.07) is 11.6. The topological polar surface area (TPSA) is 77.2 Å². The zero-order chi connectivity index (χ0) is 16.1. The molecular weight excluding hydrogens is 290 g/mol. The largest absolute Gasteiger partial charge is 0.376 e. The van der Waals surface area contributed by atoms with Crippen LogP contribution in [0.4, 0.5) is 0 Å². The highest BCUT2D eigenvalue weighted by Crippen LogP contribution is 2.23. The number of hydrogen-bond donors (Lipinski definition) is 2. The van der Waals surface area contributed by atoms with E-state index in [1.165, 1.54) is 0 Å². The fraction of sp³-hybridized carbons (Fsp3) is 0.333. The maximum Gasteiger partial charge on any atom is 0.270 e. The molecule has 1 fully saturated rings. The summed E-state index contributed by atoms with van der Waals surface area (Å²) >= 11 is 0. The molecule has 3 rings (SSSR count). The number of nitrogens with zero attached hydrogens (tertiary/aromatic N) is 1. The van der Waals surface area contributed by atoms with E-state index in [0.717, 1.165) is 36.1 Å². The fourth-order valence-corrected chi connectivity index (χ4v) is 2.78. The van der Waals surface area contributed by atoms with Crippen LogP contribution < -0.4 is 11.1 Å². The summed E-state index contributed by atoms with van der Waals surface area (Å²) in [5.74, 6) is -0.172. The van der Waals surface area contributed by atoms with E-state index in [9.17, 15) is 4.79 Å². The van der Waals surface area contributed by atoms with Crippen LogP contribution in [0.1, 0.15) is 28.9 Å². The molecule has 0 bridgehead atoms. The number of pyridine rings is 1. The van der Waals surface area contributed by atoms with Crippen LogP contribution in [0.2, 0.25) is 0 Å². The van der Waals surface area contributed by atoms with Gasteiger partial charge in [-0.25, -0.2) is 0 Å². The highest BCUT2D eigenvalue weighted by atomic mass is 16.5. The summed E-state index contributed by atoms with van der Waals surface area (Å²) in [4.78, 5) is 16.8. The van der Waals surface area contributed by atoms with Crippen molar-refractivity contribution in [1.29, 1.82) is 0 Å². The van der Waals surface area contributed by atoms with Crippen LogP contribution in [-0.4, -0.2) is 30.1 Å². The molecule has 2 aromatic rings. The van der Waals surface area contributed by atoms with Crippen molar-refractivity contribution in [2.75, 3.05) is 13.2 Å². The minimum Gasteiger partial charge on any atom is -0.376 e. The zero-order valence-corrected chi connectivity index (χ0v) is 13.0. The molecule has 5 heteroatoms. The number of amides is 1. The molecule has 0 aliphatic carbocycles. The summed E-state index contributed by atoms with van der Waals surface area (Å²) < 4.78 is 5.54. The van der Waals surface area contributed by atoms with Crippen LogP contribution in [-0.2, 0) is 11.3 Å². The number of benzene rings is 1. The Labute approximate surface area is 135 Å². The molecule has 0 saturated carbocycles. The van der Waals surface area contributed by atoms with Crippen LogP contribution in [0.5, 0.6) is 0 Å². The Bertz CT molecular complexity index is 681. The van der Waals surface area contributed by atoms with Gasteiger partial charge in [0.1, 0.15) is 5.69 Å². The molecule has 23 heavy (non-hydrogen) atoms. The van der Waals surface area contributed by atoms with Gasteiger partial charge in [0.05, 0.1) is 6.10 Å². The molecule has 120 valence electrons. The van der Waals surface area contributed by atoms with Gasteiger partial charge in [-0.15, -0.1) is 0 Å². The van der Waals surface area contributed by atoms with Crippen molar-refractivity contribution in [2.45, 2.75) is 25.5 Å². The third-order valence-electron chi connectivity index (χ3n) is 4.01. The van der Waals surface area contributed by atoms with Crippen molar-refractivity contribution in [3.8, 4) is 11.1 Å². The Morgan fingerprint density at radius 3 is 3.04 bits per heavy atom. The molecule has 1 amide bonds. The lowest BCUT2D eigenvalue weighted by Crippen LogP contribution is -2.32. The van der Waals surface area contributed by atoms with Crippen molar-refractivity contribution in [3.63, 3.8) is 0 Å². The average Bonchev–Trinajstić information content (AvgIpc) is 3.13. The normalized spacial score (nSPS) is 17.2. The maximum atomic E-state index is 12.5. The van der Waals surface area contributed by atoms with Gasteiger partial charge in [-0.05, 0) is 36.1 Å². The monoisotopic (exact) mass is 311 g/mol. The molecule has 3 N–H and O–H groups in total. The smallest absolute Gasteiger partial charge is 0.270 e. The first-order valence-corrected chi connectivity index (χ1v) is 7.92. The summed E-state index contributed by atoms with van der Waals surface area (Å²) in [5, 5.41) is 2.93. The Morgan fingerprint density at radius 1 is 1.35 bits per heavy atom. The Morgan fingerprint density at radius 2 is 2.26 bits per heavy atom. The second-order valence-electron chi connectivity index (χ2n) is 5.65. The second kappa shape index (κ2) is 7.35. The number of aromatic nitrogens is 1. The summed E-state index contributed by atoms with van der Waals surface area (Å²) in [6.45, 7) is 1.77. The summed E-state index contributed by atoms with van der Waals surface area (Å²) in [7, 11) is 0. The van der Waals surface area contributed by atoms with Gasteiger partial charge in [-0.2, -0.15) is 0 Å². The minimum atomic E-state index is -0.172. The lowest BCUT2D eigenvalue weighted by Gasteiger charge is -2.13. The van der Waals surface area contributed by atoms with Gasteiger partial charge in [0.2, 0.25) is 0 Å². The van der Waals surface area contributed by atoms with Crippen LogP contribution in [0, 0.1) is 0 Å². The van der Waals surface area contributed by atoms with Gasteiger partial charge >= 0.3 is 0 Å². The predicted molar refractivity (Wildman–Crippen MR) is 88.9 cm³/mol. The van der Waals surface area contributed by atoms with Crippen LogP contribution >= 0.6 is 0 Å². The van der Waals surface area contributed by atoms with Gasteiger partial charge in [0.25, 0.3) is 5.91 Å². The molecule has 1 aliphatic rings. The first-order valence-electron chi connectivity index (χ1n) is 7.92. The van der Waals surface area contributed by atoms with Crippen molar-refractivity contribution >= 4 is 5.91 Å². The number of rotatable bonds is 5. The molecule has 1 saturated heterocycles. The third kappa shape index (κ3) is 3.75. The number of nitrogens with one attached hydrogen (secondary N) is 1. The number of carbonyl (C=O) groups excluding carboxylic acids is 1. The van der Waals surface area contributed by atoms with Crippen LogP contribution in [0.25, 0.3) is 11.1 Å². The van der Waals surface area contributed by atoms with E-state index in [1.807, 2.05) is 36.4 Å². The lowest BCUT2D eigenvalue weighted by atomic mass is 10.0. The van der Waals surface area contributed by atoms with Gasteiger partial charge in [-0.1, -0.05) is 24.3 Å².